The van der Waals surface area contributed by atoms with Crippen molar-refractivity contribution in [2.75, 3.05) is 6.61 Å². The van der Waals surface area contributed by atoms with Crippen LogP contribution >= 0.6 is 0 Å². The number of hydrogen-bond acceptors (Lipinski definition) is 6. The lowest BCUT2D eigenvalue weighted by Crippen LogP contribution is -2.65. The Labute approximate surface area is 190 Å². The van der Waals surface area contributed by atoms with Crippen LogP contribution in [0.1, 0.15) is 61.3 Å². The molecule has 0 saturated heterocycles. The fourth-order valence-electron chi connectivity index (χ4n) is 7.20. The van der Waals surface area contributed by atoms with Gasteiger partial charge in [0.05, 0.1) is 18.4 Å². The van der Waals surface area contributed by atoms with Gasteiger partial charge in [0.25, 0.3) is 0 Å². The summed E-state index contributed by atoms with van der Waals surface area (Å²) >= 11 is 0. The zero-order valence-electron chi connectivity index (χ0n) is 20.3. The number of rotatable bonds is 3. The average Bonchev–Trinajstić information content (AvgIpc) is 3.15. The van der Waals surface area contributed by atoms with E-state index in [1.165, 1.54) is 0 Å². The van der Waals surface area contributed by atoms with E-state index in [-0.39, 0.29) is 40.4 Å². The Morgan fingerprint density at radius 1 is 1.28 bits per heavy atom. The molecule has 0 aromatic carbocycles. The van der Waals surface area contributed by atoms with Gasteiger partial charge in [-0.05, 0) is 53.1 Å². The van der Waals surface area contributed by atoms with Crippen LogP contribution in [0, 0.1) is 39.9 Å². The van der Waals surface area contributed by atoms with Crippen LogP contribution in [0.15, 0.2) is 23.3 Å². The summed E-state index contributed by atoms with van der Waals surface area (Å²) in [5, 5.41) is 33.8. The summed E-state index contributed by atoms with van der Waals surface area (Å²) < 4.78 is 5.82. The molecule has 3 N–H and O–H groups in total. The number of hydrogen-bond donors (Lipinski definition) is 3. The van der Waals surface area contributed by atoms with E-state index >= 15 is 0 Å². The molecule has 4 aliphatic rings. The first-order valence-electron chi connectivity index (χ1n) is 11.8. The number of Topliss-reactive ketones (excluding diaryl/α,β-unsaturated/α-hetero) is 1. The fourth-order valence-corrected chi connectivity index (χ4v) is 7.20. The smallest absolute Gasteiger partial charge is 0.307 e. The van der Waals surface area contributed by atoms with Crippen LogP contribution in [0.2, 0.25) is 0 Å². The van der Waals surface area contributed by atoms with E-state index in [1.807, 2.05) is 27.7 Å². The summed E-state index contributed by atoms with van der Waals surface area (Å²) in [4.78, 5) is 27.0. The third kappa shape index (κ3) is 2.95. The lowest BCUT2D eigenvalue weighted by molar-refractivity contribution is -0.204. The van der Waals surface area contributed by atoms with Crippen LogP contribution in [0.25, 0.3) is 0 Å². The molecule has 0 aromatic rings. The topological polar surface area (TPSA) is 104 Å². The normalized spacial score (nSPS) is 44.5. The summed E-state index contributed by atoms with van der Waals surface area (Å²) in [6.07, 6.45) is 1.65. The molecule has 178 valence electrons. The van der Waals surface area contributed by atoms with Gasteiger partial charge < -0.3 is 20.1 Å². The van der Waals surface area contributed by atoms with E-state index in [2.05, 4.69) is 13.8 Å². The van der Waals surface area contributed by atoms with Crippen molar-refractivity contribution in [1.82, 2.24) is 0 Å². The maximum Gasteiger partial charge on any atom is 0.307 e. The highest BCUT2D eigenvalue weighted by atomic mass is 16.6. The molecule has 0 aromatic heterocycles. The highest BCUT2D eigenvalue weighted by molar-refractivity contribution is 5.95. The minimum absolute atomic E-state index is 0.0173. The van der Waals surface area contributed by atoms with Gasteiger partial charge in [-0.25, -0.2) is 0 Å². The number of ketones is 1. The van der Waals surface area contributed by atoms with Crippen molar-refractivity contribution in [3.05, 3.63) is 23.3 Å². The van der Waals surface area contributed by atoms with Gasteiger partial charge in [-0.2, -0.15) is 0 Å². The molecule has 2 saturated carbocycles. The van der Waals surface area contributed by atoms with Crippen molar-refractivity contribution in [2.45, 2.75) is 79.1 Å². The highest BCUT2D eigenvalue weighted by Gasteiger charge is 2.76. The summed E-state index contributed by atoms with van der Waals surface area (Å²) in [5.74, 6) is -0.968. The predicted octanol–water partition coefficient (Wildman–Crippen LogP) is 2.80. The van der Waals surface area contributed by atoms with Gasteiger partial charge in [-0.15, -0.1) is 0 Å². The summed E-state index contributed by atoms with van der Waals surface area (Å²) in [6.45, 7) is 13.3. The van der Waals surface area contributed by atoms with Gasteiger partial charge in [-0.3, -0.25) is 9.59 Å². The molecule has 2 bridgehead atoms. The van der Waals surface area contributed by atoms with Crippen LogP contribution in [0.4, 0.5) is 0 Å². The zero-order chi connectivity index (χ0) is 24.0. The Hall–Kier alpha value is -1.50. The average molecular weight is 447 g/mol. The highest BCUT2D eigenvalue weighted by Crippen LogP contribution is 2.71. The Balaban J connectivity index is 1.85. The predicted molar refractivity (Wildman–Crippen MR) is 119 cm³/mol. The Morgan fingerprint density at radius 3 is 2.47 bits per heavy atom. The number of allylic oxidation sites excluding steroid dienone is 1. The van der Waals surface area contributed by atoms with Crippen molar-refractivity contribution in [3.63, 3.8) is 0 Å². The first-order valence-corrected chi connectivity index (χ1v) is 11.8. The maximum atomic E-state index is 14.2. The molecule has 0 radical (unpaired) electrons. The number of esters is 1. The van der Waals surface area contributed by atoms with Crippen LogP contribution in [0.3, 0.4) is 0 Å². The lowest BCUT2D eigenvalue weighted by Gasteiger charge is -2.48. The number of fused-ring (bicyclic) bond motifs is 3. The van der Waals surface area contributed by atoms with E-state index in [9.17, 15) is 24.9 Å². The molecule has 1 spiro atoms. The minimum Gasteiger partial charge on any atom is -0.455 e. The van der Waals surface area contributed by atoms with Gasteiger partial charge >= 0.3 is 5.97 Å². The minimum atomic E-state index is -2.06. The third-order valence-corrected chi connectivity index (χ3v) is 8.82. The third-order valence-electron chi connectivity index (χ3n) is 8.82. The first kappa shape index (κ1) is 23.7. The number of ether oxygens (including phenoxy) is 1. The second kappa shape index (κ2) is 7.00. The fraction of sp³-hybridized carbons (Fsp3) is 0.769. The van der Waals surface area contributed by atoms with Crippen LogP contribution < -0.4 is 0 Å². The summed E-state index contributed by atoms with van der Waals surface area (Å²) in [6, 6.07) is 0. The Kier molecular flexibility index (Phi) is 5.17. The van der Waals surface area contributed by atoms with Crippen molar-refractivity contribution in [1.29, 1.82) is 0 Å². The number of carbonyl (C=O) groups is 2. The number of aliphatic hydroxyl groups excluding tert-OH is 2. The molecule has 8 atom stereocenters. The van der Waals surface area contributed by atoms with Gasteiger partial charge in [0.2, 0.25) is 0 Å². The van der Waals surface area contributed by atoms with E-state index in [0.717, 1.165) is 6.42 Å². The Morgan fingerprint density at radius 2 is 1.91 bits per heavy atom. The zero-order valence-corrected chi connectivity index (χ0v) is 20.3. The standard InChI is InChI=1S/C26H38O6/c1-13-10-25-14(2)8-17-19(24(17,6)7)16(21(25)30)9-15(12-27)20(29)26(25,31)22(13)32-18(28)11-23(3,4)5/h9-10,14,16-17,19-20,22,27,29,31H,8,11-12H2,1-7H3/t14-,16+,17-,19+,20-,22+,25+,26+/m1/s1. The molecule has 0 aliphatic heterocycles. The molecule has 4 rings (SSSR count). The molecule has 0 heterocycles. The van der Waals surface area contributed by atoms with Crippen molar-refractivity contribution in [2.24, 2.45) is 39.9 Å². The maximum absolute atomic E-state index is 14.2. The van der Waals surface area contributed by atoms with Gasteiger partial charge in [0.1, 0.15) is 6.10 Å². The van der Waals surface area contributed by atoms with E-state index < -0.39 is 41.7 Å². The van der Waals surface area contributed by atoms with Crippen LogP contribution in [0.5, 0.6) is 0 Å². The number of aliphatic hydroxyl groups is 3. The molecule has 0 unspecified atom stereocenters. The quantitative estimate of drug-likeness (QED) is 0.455. The van der Waals surface area contributed by atoms with Crippen molar-refractivity contribution in [3.8, 4) is 0 Å². The van der Waals surface area contributed by atoms with Gasteiger partial charge in [-0.1, -0.05) is 53.7 Å². The molecular weight excluding hydrogens is 408 g/mol. The molecule has 6 nitrogen and oxygen atoms in total. The first-order chi connectivity index (χ1) is 14.6. The van der Waals surface area contributed by atoms with E-state index in [1.54, 1.807) is 19.1 Å². The molecule has 6 heteroatoms. The van der Waals surface area contributed by atoms with Gasteiger partial charge in [0.15, 0.2) is 17.5 Å². The van der Waals surface area contributed by atoms with Crippen molar-refractivity contribution < 1.29 is 29.6 Å². The summed E-state index contributed by atoms with van der Waals surface area (Å²) in [5.41, 5.74) is -2.98. The summed E-state index contributed by atoms with van der Waals surface area (Å²) in [7, 11) is 0. The van der Waals surface area contributed by atoms with Crippen LogP contribution in [-0.2, 0) is 14.3 Å². The van der Waals surface area contributed by atoms with Gasteiger partial charge in [0, 0.05) is 5.92 Å². The van der Waals surface area contributed by atoms with E-state index in [0.29, 0.717) is 11.5 Å². The lowest BCUT2D eigenvalue weighted by atomic mass is 9.59. The molecule has 0 amide bonds. The number of carbonyl (C=O) groups excluding carboxylic acids is 2. The van der Waals surface area contributed by atoms with Crippen molar-refractivity contribution >= 4 is 11.8 Å². The molecule has 32 heavy (non-hydrogen) atoms. The van der Waals surface area contributed by atoms with E-state index in [4.69, 9.17) is 4.74 Å². The monoisotopic (exact) mass is 446 g/mol. The largest absolute Gasteiger partial charge is 0.455 e. The second-order valence-electron chi connectivity index (χ2n) is 12.5. The molecule has 2 fully saturated rings. The molecular formula is C26H38O6. The SMILES string of the molecule is CC1=C[C@]23C(=O)[C@@H](C=C(CO)[C@@H](O)[C@]2(O)[C@H]1OC(=O)CC(C)(C)C)[C@H]1[C@@H](C[C@H]3C)C1(C)C. The Bertz CT molecular complexity index is 908. The van der Waals surface area contributed by atoms with Crippen LogP contribution in [-0.4, -0.2) is 51.5 Å². The molecule has 4 aliphatic carbocycles. The second-order valence-corrected chi connectivity index (χ2v) is 12.5.